The number of carbonyl (C=O) groups is 1. The molecular weight excluding hydrogens is 486 g/mol. The quantitative estimate of drug-likeness (QED) is 0.255. The second kappa shape index (κ2) is 8.65. The summed E-state index contributed by atoms with van der Waals surface area (Å²) in [6.07, 6.45) is -13.9. The number of hydrogen-bond acceptors (Lipinski definition) is 6. The molecule has 2 aromatic rings. The van der Waals surface area contributed by atoms with Crippen LogP contribution in [0.25, 0.3) is 10.8 Å². The normalized spacial score (nSPS) is 17.1. The van der Waals surface area contributed by atoms with Gasteiger partial charge in [0.25, 0.3) is 10.1 Å². The van der Waals surface area contributed by atoms with Crippen LogP contribution in [0.3, 0.4) is 0 Å². The van der Waals surface area contributed by atoms with Crippen LogP contribution in [0.4, 0.5) is 26.3 Å². The molecule has 3 rings (SSSR count). The molecule has 0 amide bonds. The molecule has 1 fully saturated rings. The Kier molecular flexibility index (Phi) is 6.56. The Morgan fingerprint density at radius 2 is 1.61 bits per heavy atom. The predicted molar refractivity (Wildman–Crippen MR) is 100 cm³/mol. The van der Waals surface area contributed by atoms with Gasteiger partial charge in [-0.3, -0.25) is 9.35 Å². The third-order valence-corrected chi connectivity index (χ3v) is 5.50. The lowest BCUT2D eigenvalue weighted by atomic mass is 10.0. The summed E-state index contributed by atoms with van der Waals surface area (Å²) >= 11 is 0. The molecule has 1 heterocycles. The zero-order valence-corrected chi connectivity index (χ0v) is 17.3. The van der Waals surface area contributed by atoms with Gasteiger partial charge in [-0.15, -0.1) is 0 Å². The van der Waals surface area contributed by atoms with Crippen molar-refractivity contribution in [3.05, 3.63) is 42.0 Å². The monoisotopic (exact) mass is 502 g/mol. The molecule has 1 N–H and O–H groups in total. The van der Waals surface area contributed by atoms with Crippen LogP contribution in [0.5, 0.6) is 5.75 Å². The van der Waals surface area contributed by atoms with E-state index < -0.39 is 46.2 Å². The molecule has 7 nitrogen and oxygen atoms in total. The zero-order chi connectivity index (χ0) is 24.7. The average Bonchev–Trinajstić information content (AvgIpc) is 3.47. The molecule has 1 saturated heterocycles. The highest BCUT2D eigenvalue weighted by Crippen LogP contribution is 2.47. The van der Waals surface area contributed by atoms with Crippen LogP contribution >= 0.6 is 0 Å². The predicted octanol–water partition coefficient (Wildman–Crippen LogP) is 3.45. The minimum atomic E-state index is -6.39. The topological polar surface area (TPSA) is 102 Å². The molecule has 0 saturated carbocycles. The Labute approximate surface area is 183 Å². The SMILES string of the molecule is O=C(Cc1cccc2c(OCC3CO3)cccc12)OC(CS(=O)(=O)O)(C(F)(F)F)C(F)(F)F. The van der Waals surface area contributed by atoms with Gasteiger partial charge in [0.1, 0.15) is 24.2 Å². The summed E-state index contributed by atoms with van der Waals surface area (Å²) < 4.78 is 125. The first-order valence-corrected chi connectivity index (χ1v) is 10.8. The number of carbonyl (C=O) groups excluding carboxylic acids is 1. The number of fused-ring (bicyclic) bond motifs is 1. The Morgan fingerprint density at radius 1 is 1.03 bits per heavy atom. The molecule has 1 unspecified atom stereocenters. The molecule has 0 radical (unpaired) electrons. The van der Waals surface area contributed by atoms with Crippen LogP contribution in [0, 0.1) is 0 Å². The van der Waals surface area contributed by atoms with Gasteiger partial charge in [0.2, 0.25) is 0 Å². The van der Waals surface area contributed by atoms with Gasteiger partial charge < -0.3 is 14.2 Å². The van der Waals surface area contributed by atoms with Crippen molar-refractivity contribution in [2.75, 3.05) is 19.0 Å². The van der Waals surface area contributed by atoms with Crippen molar-refractivity contribution in [3.8, 4) is 5.75 Å². The van der Waals surface area contributed by atoms with Crippen LogP contribution in [0.1, 0.15) is 5.56 Å². The van der Waals surface area contributed by atoms with E-state index in [1.54, 1.807) is 12.1 Å². The summed E-state index contributed by atoms with van der Waals surface area (Å²) in [7, 11) is -5.86. The van der Waals surface area contributed by atoms with Crippen LogP contribution in [0.2, 0.25) is 0 Å². The number of halogens is 6. The molecule has 0 bridgehead atoms. The Hall–Kier alpha value is -2.58. The van der Waals surface area contributed by atoms with E-state index in [9.17, 15) is 39.6 Å². The molecule has 182 valence electrons. The average molecular weight is 502 g/mol. The number of benzene rings is 2. The molecule has 1 atom stereocenters. The van der Waals surface area contributed by atoms with Crippen molar-refractivity contribution >= 4 is 26.9 Å². The smallest absolute Gasteiger partial charge is 0.438 e. The van der Waals surface area contributed by atoms with Crippen molar-refractivity contribution in [2.24, 2.45) is 0 Å². The first kappa shape index (κ1) is 25.1. The summed E-state index contributed by atoms with van der Waals surface area (Å²) in [5, 5.41) is 0.724. The van der Waals surface area contributed by atoms with E-state index in [-0.39, 0.29) is 18.3 Å². The fourth-order valence-corrected chi connectivity index (χ4v) is 3.99. The molecule has 14 heteroatoms. The number of rotatable bonds is 8. The summed E-state index contributed by atoms with van der Waals surface area (Å²) in [4.78, 5) is 12.2. The third-order valence-electron chi connectivity index (χ3n) is 4.72. The van der Waals surface area contributed by atoms with Gasteiger partial charge in [0.05, 0.1) is 13.0 Å². The highest BCUT2D eigenvalue weighted by molar-refractivity contribution is 7.85. The summed E-state index contributed by atoms with van der Waals surface area (Å²) in [6.45, 7) is 0.742. The van der Waals surface area contributed by atoms with E-state index in [0.29, 0.717) is 23.1 Å². The van der Waals surface area contributed by atoms with E-state index in [4.69, 9.17) is 14.0 Å². The van der Waals surface area contributed by atoms with Crippen LogP contribution in [-0.2, 0) is 30.8 Å². The molecule has 0 aromatic heterocycles. The molecule has 33 heavy (non-hydrogen) atoms. The fourth-order valence-electron chi connectivity index (χ4n) is 3.09. The Bertz CT molecular complexity index is 1130. The molecule has 0 aliphatic carbocycles. The number of epoxide rings is 1. The maximum absolute atomic E-state index is 13.4. The molecule has 2 aromatic carbocycles. The van der Waals surface area contributed by atoms with Crippen molar-refractivity contribution in [1.29, 1.82) is 0 Å². The lowest BCUT2D eigenvalue weighted by Crippen LogP contribution is -2.63. The van der Waals surface area contributed by atoms with E-state index in [1.807, 2.05) is 0 Å². The number of esters is 1. The fraction of sp³-hybridized carbons (Fsp3) is 0.421. The van der Waals surface area contributed by atoms with Gasteiger partial charge in [-0.1, -0.05) is 30.3 Å². The van der Waals surface area contributed by atoms with E-state index in [0.717, 1.165) is 0 Å². The zero-order valence-electron chi connectivity index (χ0n) is 16.4. The van der Waals surface area contributed by atoms with Crippen molar-refractivity contribution in [3.63, 3.8) is 0 Å². The van der Waals surface area contributed by atoms with Gasteiger partial charge in [-0.25, -0.2) is 0 Å². The second-order valence-electron chi connectivity index (χ2n) is 7.23. The van der Waals surface area contributed by atoms with Gasteiger partial charge >= 0.3 is 23.9 Å². The highest BCUT2D eigenvalue weighted by atomic mass is 32.2. The van der Waals surface area contributed by atoms with Gasteiger partial charge in [-0.05, 0) is 17.0 Å². The van der Waals surface area contributed by atoms with Crippen molar-refractivity contribution in [1.82, 2.24) is 0 Å². The Balaban J connectivity index is 1.92. The van der Waals surface area contributed by atoms with Crippen LogP contribution < -0.4 is 4.74 Å². The second-order valence-corrected chi connectivity index (χ2v) is 8.69. The maximum atomic E-state index is 13.4. The lowest BCUT2D eigenvalue weighted by Gasteiger charge is -2.35. The standard InChI is InChI=1S/C19H16F6O7S/c20-18(21,22)17(19(23,24)25,10-33(27,28)29)32-16(26)7-11-3-1-5-14-13(11)4-2-6-15(14)31-9-12-8-30-12/h1-6,12H,7-10H2,(H,27,28,29). The van der Waals surface area contributed by atoms with Crippen molar-refractivity contribution in [2.45, 2.75) is 30.5 Å². The highest BCUT2D eigenvalue weighted by Gasteiger charge is 2.75. The molecular formula is C19H16F6O7S. The van der Waals surface area contributed by atoms with E-state index in [2.05, 4.69) is 4.74 Å². The molecule has 1 aliphatic heterocycles. The first-order valence-electron chi connectivity index (χ1n) is 9.18. The third kappa shape index (κ3) is 5.68. The van der Waals surface area contributed by atoms with Gasteiger partial charge in [-0.2, -0.15) is 34.8 Å². The van der Waals surface area contributed by atoms with E-state index >= 15 is 0 Å². The molecule has 0 spiro atoms. The van der Waals surface area contributed by atoms with E-state index in [1.165, 1.54) is 24.3 Å². The summed E-state index contributed by atoms with van der Waals surface area (Å²) in [5.74, 6) is -4.58. The summed E-state index contributed by atoms with van der Waals surface area (Å²) in [6, 6.07) is 8.82. The first-order chi connectivity index (χ1) is 15.1. The minimum Gasteiger partial charge on any atom is -0.490 e. The number of hydrogen-bond donors (Lipinski definition) is 1. The van der Waals surface area contributed by atoms with Gasteiger partial charge in [0.15, 0.2) is 0 Å². The Morgan fingerprint density at radius 3 is 2.15 bits per heavy atom. The lowest BCUT2D eigenvalue weighted by molar-refractivity contribution is -0.361. The maximum Gasteiger partial charge on any atom is 0.438 e. The van der Waals surface area contributed by atoms with Crippen molar-refractivity contribution < 1.29 is 58.3 Å². The van der Waals surface area contributed by atoms with Crippen LogP contribution in [0.15, 0.2) is 36.4 Å². The molecule has 1 aliphatic rings. The largest absolute Gasteiger partial charge is 0.490 e. The number of ether oxygens (including phenoxy) is 3. The number of alkyl halides is 6. The minimum absolute atomic E-state index is 0.00993. The summed E-state index contributed by atoms with van der Waals surface area (Å²) in [5.41, 5.74) is -5.44. The van der Waals surface area contributed by atoms with Gasteiger partial charge in [0, 0.05) is 5.39 Å². The van der Waals surface area contributed by atoms with Crippen LogP contribution in [-0.4, -0.2) is 62.0 Å².